The Morgan fingerprint density at radius 2 is 1.89 bits per heavy atom. The van der Waals surface area contributed by atoms with Crippen LogP contribution in [0.4, 0.5) is 5.69 Å². The summed E-state index contributed by atoms with van der Waals surface area (Å²) in [6.07, 6.45) is 0.566. The first-order chi connectivity index (χ1) is 4.18. The van der Waals surface area contributed by atoms with E-state index in [-0.39, 0.29) is 5.69 Å². The summed E-state index contributed by atoms with van der Waals surface area (Å²) in [7, 11) is 0. The van der Waals surface area contributed by atoms with Crippen molar-refractivity contribution >= 4 is 5.69 Å². The Morgan fingerprint density at radius 1 is 1.33 bits per heavy atom. The first kappa shape index (κ1) is 6.01. The van der Waals surface area contributed by atoms with Crippen LogP contribution in [0.3, 0.4) is 0 Å². The number of rotatable bonds is 1. The summed E-state index contributed by atoms with van der Waals surface area (Å²) < 4.78 is 0. The second-order valence-corrected chi connectivity index (χ2v) is 1.90. The molecule has 0 unspecified atom stereocenters. The van der Waals surface area contributed by atoms with Crippen LogP contribution in [-0.2, 0) is 6.42 Å². The topological polar surface area (TPSA) is 60.2 Å². The maximum absolute atomic E-state index is 10.5. The molecule has 0 spiro atoms. The van der Waals surface area contributed by atoms with Crippen LogP contribution in [0, 0.1) is 0 Å². The summed E-state index contributed by atoms with van der Waals surface area (Å²) in [5, 5.41) is 0. The highest BCUT2D eigenvalue weighted by molar-refractivity contribution is 5.51. The van der Waals surface area contributed by atoms with Crippen molar-refractivity contribution in [1.82, 2.24) is 0 Å². The van der Waals surface area contributed by atoms with E-state index in [1.54, 1.807) is 6.92 Å². The highest BCUT2D eigenvalue weighted by atomic mass is 16.2. The maximum atomic E-state index is 10.5. The van der Waals surface area contributed by atoms with Crippen LogP contribution in [0.15, 0.2) is 9.59 Å². The second kappa shape index (κ2) is 1.69. The number of nitrogen functional groups attached to an aromatic ring is 1. The summed E-state index contributed by atoms with van der Waals surface area (Å²) >= 11 is 0. The highest BCUT2D eigenvalue weighted by Gasteiger charge is 2.14. The molecule has 0 aliphatic rings. The van der Waals surface area contributed by atoms with E-state index < -0.39 is 10.9 Å². The monoisotopic (exact) mass is 125 g/mol. The molecule has 0 aliphatic carbocycles. The molecule has 2 N–H and O–H groups in total. The van der Waals surface area contributed by atoms with Gasteiger partial charge in [0.25, 0.3) is 0 Å². The van der Waals surface area contributed by atoms with Crippen molar-refractivity contribution in [2.75, 3.05) is 5.73 Å². The van der Waals surface area contributed by atoms with Crippen LogP contribution < -0.4 is 16.6 Å². The molecule has 3 nitrogen and oxygen atoms in total. The fourth-order valence-corrected chi connectivity index (χ4v) is 0.807. The zero-order valence-electron chi connectivity index (χ0n) is 5.10. The molecule has 0 saturated carbocycles. The largest absolute Gasteiger partial charge is 0.395 e. The van der Waals surface area contributed by atoms with Gasteiger partial charge >= 0.3 is 0 Å². The van der Waals surface area contributed by atoms with Gasteiger partial charge in [-0.2, -0.15) is 0 Å². The quantitative estimate of drug-likeness (QED) is 0.511. The summed E-state index contributed by atoms with van der Waals surface area (Å²) in [5.41, 5.74) is 4.89. The Labute approximate surface area is 51.8 Å². The first-order valence-electron chi connectivity index (χ1n) is 2.76. The third-order valence-corrected chi connectivity index (χ3v) is 1.40. The lowest BCUT2D eigenvalue weighted by Crippen LogP contribution is -2.37. The average Bonchev–Trinajstić information content (AvgIpc) is 1.89. The number of hydrogen-bond acceptors (Lipinski definition) is 3. The molecule has 1 aromatic rings. The van der Waals surface area contributed by atoms with Gasteiger partial charge in [-0.05, 0) is 6.42 Å². The average molecular weight is 125 g/mol. The van der Waals surface area contributed by atoms with Crippen molar-refractivity contribution < 1.29 is 0 Å². The van der Waals surface area contributed by atoms with E-state index in [1.165, 1.54) is 0 Å². The smallest absolute Gasteiger partial charge is 0.249 e. The van der Waals surface area contributed by atoms with Crippen molar-refractivity contribution in [3.63, 3.8) is 0 Å². The Morgan fingerprint density at radius 3 is 2.11 bits per heavy atom. The van der Waals surface area contributed by atoms with E-state index in [0.29, 0.717) is 12.0 Å². The molecule has 0 saturated heterocycles. The molecular weight excluding hydrogens is 118 g/mol. The van der Waals surface area contributed by atoms with E-state index in [4.69, 9.17) is 5.73 Å². The van der Waals surface area contributed by atoms with Gasteiger partial charge in [0.15, 0.2) is 0 Å². The predicted molar refractivity (Wildman–Crippen MR) is 35.1 cm³/mol. The molecule has 3 heteroatoms. The molecule has 0 heterocycles. The molecule has 0 fully saturated rings. The van der Waals surface area contributed by atoms with Crippen molar-refractivity contribution in [3.8, 4) is 0 Å². The highest BCUT2D eigenvalue weighted by Crippen LogP contribution is 2.00. The predicted octanol–water partition coefficient (Wildman–Crippen LogP) is -0.573. The molecule has 0 amide bonds. The molecule has 0 atom stereocenters. The number of anilines is 1. The van der Waals surface area contributed by atoms with Gasteiger partial charge in [-0.3, -0.25) is 9.59 Å². The molecular formula is C6H7NO2. The summed E-state index contributed by atoms with van der Waals surface area (Å²) in [5.74, 6) is 0. The van der Waals surface area contributed by atoms with Gasteiger partial charge in [-0.1, -0.05) is 6.92 Å². The van der Waals surface area contributed by atoms with Crippen LogP contribution in [0.25, 0.3) is 0 Å². The van der Waals surface area contributed by atoms with Gasteiger partial charge in [-0.25, -0.2) is 0 Å². The van der Waals surface area contributed by atoms with Gasteiger partial charge in [0.05, 0.1) is 5.69 Å². The third kappa shape index (κ3) is 0.575. The molecule has 1 rings (SSSR count). The molecule has 1 aromatic carbocycles. The molecule has 48 valence electrons. The molecule has 0 bridgehead atoms. The van der Waals surface area contributed by atoms with E-state index in [9.17, 15) is 9.59 Å². The summed E-state index contributed by atoms with van der Waals surface area (Å²) in [6.45, 7) is 1.80. The molecule has 0 aromatic heterocycles. The summed E-state index contributed by atoms with van der Waals surface area (Å²) in [4.78, 5) is 20.9. The molecule has 0 radical (unpaired) electrons. The fourth-order valence-electron chi connectivity index (χ4n) is 0.807. The van der Waals surface area contributed by atoms with Crippen LogP contribution >= 0.6 is 0 Å². The number of hydrogen-bond donors (Lipinski definition) is 1. The standard InChI is InChI=1S/C6H7NO2/c1-2-3-4(7)6(9)5(3)8/h2,7H2,1H3. The van der Waals surface area contributed by atoms with Crippen LogP contribution in [0.5, 0.6) is 0 Å². The zero-order chi connectivity index (χ0) is 7.02. The second-order valence-electron chi connectivity index (χ2n) is 1.90. The number of nitrogens with two attached hydrogens (primary N) is 1. The molecule has 9 heavy (non-hydrogen) atoms. The molecule has 0 aliphatic heterocycles. The van der Waals surface area contributed by atoms with Gasteiger partial charge in [0, 0.05) is 5.56 Å². The zero-order valence-corrected chi connectivity index (χ0v) is 5.10. The Bertz CT molecular complexity index is 294. The first-order valence-corrected chi connectivity index (χ1v) is 2.76. The van der Waals surface area contributed by atoms with Gasteiger partial charge < -0.3 is 5.73 Å². The van der Waals surface area contributed by atoms with Gasteiger partial charge in [0.2, 0.25) is 10.9 Å². The van der Waals surface area contributed by atoms with E-state index >= 15 is 0 Å². The maximum Gasteiger partial charge on any atom is 0.249 e. The lowest BCUT2D eigenvalue weighted by molar-refractivity contribution is 1.08. The lowest BCUT2D eigenvalue weighted by Gasteiger charge is -2.00. The normalized spacial score (nSPS) is 10.3. The minimum atomic E-state index is -0.521. The minimum absolute atomic E-state index is 0.155. The minimum Gasteiger partial charge on any atom is -0.395 e. The van der Waals surface area contributed by atoms with Gasteiger partial charge in [-0.15, -0.1) is 0 Å². The SMILES string of the molecule is CCc1c(N)c(=O)c1=O. The van der Waals surface area contributed by atoms with Crippen molar-refractivity contribution in [1.29, 1.82) is 0 Å². The van der Waals surface area contributed by atoms with Crippen molar-refractivity contribution in [2.24, 2.45) is 0 Å². The Balaban J connectivity index is 3.25. The van der Waals surface area contributed by atoms with Crippen LogP contribution in [0.1, 0.15) is 12.5 Å². The van der Waals surface area contributed by atoms with Crippen molar-refractivity contribution in [3.05, 3.63) is 26.0 Å². The van der Waals surface area contributed by atoms with E-state index in [2.05, 4.69) is 0 Å². The van der Waals surface area contributed by atoms with Crippen LogP contribution in [0.2, 0.25) is 0 Å². The van der Waals surface area contributed by atoms with E-state index in [0.717, 1.165) is 0 Å². The van der Waals surface area contributed by atoms with Crippen molar-refractivity contribution in [2.45, 2.75) is 13.3 Å². The lowest BCUT2D eigenvalue weighted by atomic mass is 10.1. The van der Waals surface area contributed by atoms with Gasteiger partial charge in [0.1, 0.15) is 0 Å². The fraction of sp³-hybridized carbons (Fsp3) is 0.333. The van der Waals surface area contributed by atoms with Crippen LogP contribution in [-0.4, -0.2) is 0 Å². The summed E-state index contributed by atoms with van der Waals surface area (Å²) in [6, 6.07) is 0. The Kier molecular flexibility index (Phi) is 1.12. The Hall–Kier alpha value is -1.12. The van der Waals surface area contributed by atoms with E-state index in [1.807, 2.05) is 0 Å². The third-order valence-electron chi connectivity index (χ3n) is 1.40.